The molecule has 0 bridgehead atoms. The predicted molar refractivity (Wildman–Crippen MR) is 100 cm³/mol. The molecule has 0 amide bonds. The summed E-state index contributed by atoms with van der Waals surface area (Å²) < 4.78 is 12.1. The summed E-state index contributed by atoms with van der Waals surface area (Å²) in [7, 11) is 1.62. The van der Waals surface area contributed by atoms with E-state index in [0.29, 0.717) is 17.3 Å². The fourth-order valence-corrected chi connectivity index (χ4v) is 2.81. The number of rotatable bonds is 5. The van der Waals surface area contributed by atoms with E-state index in [1.165, 1.54) is 0 Å². The molecular weight excluding hydrogens is 344 g/mol. The molecule has 0 spiro atoms. The van der Waals surface area contributed by atoms with Gasteiger partial charge in [-0.3, -0.25) is 0 Å². The molecule has 0 saturated carbocycles. The van der Waals surface area contributed by atoms with E-state index in [2.05, 4.69) is 27.4 Å². The van der Waals surface area contributed by atoms with Crippen molar-refractivity contribution in [2.24, 2.45) is 0 Å². The second-order valence-electron chi connectivity index (χ2n) is 5.87. The highest BCUT2D eigenvalue weighted by atomic mass is 16.5. The lowest BCUT2D eigenvalue weighted by molar-refractivity contribution is 0.414. The summed E-state index contributed by atoms with van der Waals surface area (Å²) in [6.45, 7) is 2.08. The summed E-state index contributed by atoms with van der Waals surface area (Å²) in [4.78, 5) is 4.40. The zero-order valence-corrected chi connectivity index (χ0v) is 15.0. The minimum absolute atomic E-state index is 0.221. The Kier molecular flexibility index (Phi) is 4.29. The van der Waals surface area contributed by atoms with Crippen molar-refractivity contribution in [2.75, 3.05) is 12.8 Å². The van der Waals surface area contributed by atoms with Crippen molar-refractivity contribution in [3.63, 3.8) is 0 Å². The third kappa shape index (κ3) is 3.01. The van der Waals surface area contributed by atoms with Crippen molar-refractivity contribution in [2.45, 2.75) is 13.3 Å². The molecule has 136 valence electrons. The van der Waals surface area contributed by atoms with Crippen LogP contribution in [0.3, 0.4) is 0 Å². The largest absolute Gasteiger partial charge is 0.497 e. The molecule has 0 aliphatic rings. The average molecular weight is 362 g/mol. The minimum Gasteiger partial charge on any atom is -0.497 e. The molecule has 2 aromatic heterocycles. The van der Waals surface area contributed by atoms with E-state index in [4.69, 9.17) is 15.0 Å². The number of hydrogen-bond acceptors (Lipinski definition) is 7. The summed E-state index contributed by atoms with van der Waals surface area (Å²) in [5.41, 5.74) is 9.42. The number of anilines is 1. The third-order valence-electron chi connectivity index (χ3n) is 4.28. The highest BCUT2D eigenvalue weighted by molar-refractivity contribution is 5.66. The van der Waals surface area contributed by atoms with Crippen LogP contribution in [0, 0.1) is 0 Å². The number of nitrogens with two attached hydrogens (primary N) is 1. The Balaban J connectivity index is 1.69. The molecule has 8 heteroatoms. The number of aryl methyl sites for hydroxylation is 1. The van der Waals surface area contributed by atoms with Gasteiger partial charge < -0.3 is 15.0 Å². The number of para-hydroxylation sites is 1. The first-order chi connectivity index (χ1) is 13.2. The molecule has 4 rings (SSSR count). The van der Waals surface area contributed by atoms with Crippen molar-refractivity contribution < 1.29 is 9.26 Å². The second kappa shape index (κ2) is 6.91. The number of nitrogens with zero attached hydrogens (tertiary/aromatic N) is 5. The SMILES string of the molecule is CCc1ccccc1-n1nnc(-c2nc(-c3ccc(OC)cc3)no2)c1N. The van der Waals surface area contributed by atoms with Gasteiger partial charge in [-0.2, -0.15) is 9.67 Å². The third-order valence-corrected chi connectivity index (χ3v) is 4.28. The van der Waals surface area contributed by atoms with Crippen LogP contribution in [0.15, 0.2) is 53.1 Å². The molecule has 27 heavy (non-hydrogen) atoms. The van der Waals surface area contributed by atoms with Gasteiger partial charge in [-0.1, -0.05) is 35.5 Å². The predicted octanol–water partition coefficient (Wildman–Crippen LogP) is 3.14. The zero-order chi connectivity index (χ0) is 18.8. The van der Waals surface area contributed by atoms with E-state index < -0.39 is 0 Å². The number of nitrogen functional groups attached to an aromatic ring is 1. The topological polar surface area (TPSA) is 105 Å². The lowest BCUT2D eigenvalue weighted by Gasteiger charge is -2.07. The number of benzene rings is 2. The van der Waals surface area contributed by atoms with Crippen LogP contribution in [0.4, 0.5) is 5.82 Å². The van der Waals surface area contributed by atoms with Gasteiger partial charge in [0.2, 0.25) is 5.82 Å². The van der Waals surface area contributed by atoms with Crippen molar-refractivity contribution >= 4 is 5.82 Å². The maximum atomic E-state index is 6.27. The molecule has 0 unspecified atom stereocenters. The van der Waals surface area contributed by atoms with Gasteiger partial charge in [0.25, 0.3) is 5.89 Å². The van der Waals surface area contributed by atoms with Crippen molar-refractivity contribution in [3.8, 4) is 34.4 Å². The van der Waals surface area contributed by atoms with E-state index in [0.717, 1.165) is 29.0 Å². The average Bonchev–Trinajstić information content (AvgIpc) is 3.34. The fraction of sp³-hybridized carbons (Fsp3) is 0.158. The molecule has 8 nitrogen and oxygen atoms in total. The number of ether oxygens (including phenoxy) is 1. The Morgan fingerprint density at radius 3 is 2.63 bits per heavy atom. The Morgan fingerprint density at radius 1 is 1.11 bits per heavy atom. The first-order valence-corrected chi connectivity index (χ1v) is 8.49. The smallest absolute Gasteiger partial charge is 0.282 e. The molecular formula is C19H18N6O2. The molecule has 0 atom stereocenters. The Hall–Kier alpha value is -3.68. The van der Waals surface area contributed by atoms with E-state index in [1.54, 1.807) is 11.8 Å². The van der Waals surface area contributed by atoms with Gasteiger partial charge in [0.05, 0.1) is 12.8 Å². The van der Waals surface area contributed by atoms with Crippen LogP contribution in [-0.2, 0) is 6.42 Å². The van der Waals surface area contributed by atoms with Gasteiger partial charge >= 0.3 is 0 Å². The van der Waals surface area contributed by atoms with Gasteiger partial charge in [-0.05, 0) is 42.3 Å². The highest BCUT2D eigenvalue weighted by Gasteiger charge is 2.20. The first kappa shape index (κ1) is 16.8. The van der Waals surface area contributed by atoms with Crippen LogP contribution in [0.5, 0.6) is 5.75 Å². The molecule has 4 aromatic rings. The lowest BCUT2D eigenvalue weighted by atomic mass is 10.1. The van der Waals surface area contributed by atoms with Crippen LogP contribution < -0.4 is 10.5 Å². The zero-order valence-electron chi connectivity index (χ0n) is 15.0. The summed E-state index contributed by atoms with van der Waals surface area (Å²) in [5, 5.41) is 12.3. The Bertz CT molecular complexity index is 1070. The molecule has 0 saturated heterocycles. The van der Waals surface area contributed by atoms with E-state index in [9.17, 15) is 0 Å². The molecule has 0 fully saturated rings. The summed E-state index contributed by atoms with van der Waals surface area (Å²) in [6.07, 6.45) is 0.854. The van der Waals surface area contributed by atoms with E-state index in [1.807, 2.05) is 48.5 Å². The van der Waals surface area contributed by atoms with E-state index in [-0.39, 0.29) is 5.89 Å². The van der Waals surface area contributed by atoms with Gasteiger partial charge in [-0.15, -0.1) is 5.10 Å². The van der Waals surface area contributed by atoms with Crippen LogP contribution in [-0.4, -0.2) is 32.2 Å². The van der Waals surface area contributed by atoms with E-state index >= 15 is 0 Å². The monoisotopic (exact) mass is 362 g/mol. The summed E-state index contributed by atoms with van der Waals surface area (Å²) >= 11 is 0. The second-order valence-corrected chi connectivity index (χ2v) is 5.87. The van der Waals surface area contributed by atoms with Crippen molar-refractivity contribution in [1.29, 1.82) is 0 Å². The van der Waals surface area contributed by atoms with Crippen LogP contribution in [0.1, 0.15) is 12.5 Å². The summed E-state index contributed by atoms with van der Waals surface area (Å²) in [6, 6.07) is 15.3. The normalized spacial score (nSPS) is 10.9. The molecule has 0 aliphatic carbocycles. The molecule has 2 N–H and O–H groups in total. The number of hydrogen-bond donors (Lipinski definition) is 1. The number of aromatic nitrogens is 5. The summed E-state index contributed by atoms with van der Waals surface area (Å²) in [5.74, 6) is 1.76. The Morgan fingerprint density at radius 2 is 1.89 bits per heavy atom. The number of methoxy groups -OCH3 is 1. The molecule has 2 aromatic carbocycles. The fourth-order valence-electron chi connectivity index (χ4n) is 2.81. The van der Waals surface area contributed by atoms with Gasteiger partial charge in [0, 0.05) is 5.56 Å². The quantitative estimate of drug-likeness (QED) is 0.581. The van der Waals surface area contributed by atoms with Crippen LogP contribution in [0.25, 0.3) is 28.7 Å². The Labute approximate surface area is 155 Å². The lowest BCUT2D eigenvalue weighted by Crippen LogP contribution is -2.05. The highest BCUT2D eigenvalue weighted by Crippen LogP contribution is 2.28. The molecule has 0 radical (unpaired) electrons. The first-order valence-electron chi connectivity index (χ1n) is 8.49. The van der Waals surface area contributed by atoms with Crippen LogP contribution >= 0.6 is 0 Å². The molecule has 2 heterocycles. The van der Waals surface area contributed by atoms with Gasteiger partial charge in [-0.25, -0.2) is 0 Å². The standard InChI is InChI=1S/C19H18N6O2/c1-3-12-6-4-5-7-15(12)25-17(20)16(22-24-25)19-21-18(23-27-19)13-8-10-14(26-2)11-9-13/h4-11H,3,20H2,1-2H3. The van der Waals surface area contributed by atoms with Gasteiger partial charge in [0.1, 0.15) is 5.75 Å². The van der Waals surface area contributed by atoms with Crippen molar-refractivity contribution in [3.05, 3.63) is 54.1 Å². The van der Waals surface area contributed by atoms with Gasteiger partial charge in [0.15, 0.2) is 11.5 Å². The van der Waals surface area contributed by atoms with Crippen molar-refractivity contribution in [1.82, 2.24) is 25.1 Å². The molecule has 0 aliphatic heterocycles. The maximum absolute atomic E-state index is 6.27. The maximum Gasteiger partial charge on any atom is 0.282 e. The minimum atomic E-state index is 0.221. The van der Waals surface area contributed by atoms with Crippen LogP contribution in [0.2, 0.25) is 0 Å².